The van der Waals surface area contributed by atoms with Crippen LogP contribution < -0.4 is 5.43 Å². The molecule has 1 heterocycles. The second-order valence-corrected chi connectivity index (χ2v) is 6.68. The van der Waals surface area contributed by atoms with E-state index in [1.165, 1.54) is 18.3 Å². The van der Waals surface area contributed by atoms with Crippen LogP contribution in [0.15, 0.2) is 64.1 Å². The lowest BCUT2D eigenvalue weighted by atomic mass is 10.0. The fraction of sp³-hybridized carbons (Fsp3) is 0.182. The van der Waals surface area contributed by atoms with E-state index in [1.807, 2.05) is 32.0 Å². The molecule has 0 aliphatic rings. The standard InChI is InChI=1S/C22H19F3N2O2/c1-14-6-7-15(2)17(10-14)12-21(28)27-26-13-19-8-9-20(29-19)16-4-3-5-18(11-16)22(23,24)25/h3-11,13H,12H2,1-2H3,(H,27,28)/b26-13-. The Morgan fingerprint density at radius 1 is 1.10 bits per heavy atom. The number of furan rings is 1. The second-order valence-electron chi connectivity index (χ2n) is 6.68. The van der Waals surface area contributed by atoms with E-state index in [9.17, 15) is 18.0 Å². The normalized spacial score (nSPS) is 11.8. The molecular weight excluding hydrogens is 381 g/mol. The Balaban J connectivity index is 1.63. The number of benzene rings is 2. The molecule has 1 amide bonds. The first-order valence-electron chi connectivity index (χ1n) is 8.88. The lowest BCUT2D eigenvalue weighted by Gasteiger charge is -2.07. The largest absolute Gasteiger partial charge is 0.455 e. The lowest BCUT2D eigenvalue weighted by molar-refractivity contribution is -0.137. The van der Waals surface area contributed by atoms with Crippen molar-refractivity contribution >= 4 is 12.1 Å². The summed E-state index contributed by atoms with van der Waals surface area (Å²) in [6, 6.07) is 13.9. The van der Waals surface area contributed by atoms with Crippen molar-refractivity contribution in [3.63, 3.8) is 0 Å². The first-order valence-corrected chi connectivity index (χ1v) is 8.88. The minimum atomic E-state index is -4.42. The summed E-state index contributed by atoms with van der Waals surface area (Å²) in [4.78, 5) is 12.1. The highest BCUT2D eigenvalue weighted by Crippen LogP contribution is 2.32. The number of nitrogens with one attached hydrogen (secondary N) is 1. The zero-order chi connectivity index (χ0) is 21.0. The Bertz CT molecular complexity index is 1050. The van der Waals surface area contributed by atoms with Gasteiger partial charge >= 0.3 is 6.18 Å². The van der Waals surface area contributed by atoms with Crippen LogP contribution >= 0.6 is 0 Å². The maximum atomic E-state index is 12.8. The van der Waals surface area contributed by atoms with Crippen LogP contribution in [-0.2, 0) is 17.4 Å². The molecule has 0 fully saturated rings. The lowest BCUT2D eigenvalue weighted by Crippen LogP contribution is -2.20. The third-order valence-corrected chi connectivity index (χ3v) is 4.34. The average molecular weight is 400 g/mol. The molecule has 0 saturated carbocycles. The van der Waals surface area contributed by atoms with E-state index in [2.05, 4.69) is 10.5 Å². The summed E-state index contributed by atoms with van der Waals surface area (Å²) >= 11 is 0. The molecule has 150 valence electrons. The van der Waals surface area contributed by atoms with Crippen molar-refractivity contribution in [3.05, 3.63) is 82.6 Å². The molecule has 1 N–H and O–H groups in total. The molecule has 29 heavy (non-hydrogen) atoms. The molecule has 0 aliphatic heterocycles. The van der Waals surface area contributed by atoms with Gasteiger partial charge in [0.2, 0.25) is 5.91 Å². The number of hydrazone groups is 1. The van der Waals surface area contributed by atoms with Crippen molar-refractivity contribution in [2.45, 2.75) is 26.4 Å². The summed E-state index contributed by atoms with van der Waals surface area (Å²) in [5.74, 6) is 0.309. The van der Waals surface area contributed by atoms with Crippen molar-refractivity contribution in [3.8, 4) is 11.3 Å². The van der Waals surface area contributed by atoms with Gasteiger partial charge in [-0.2, -0.15) is 18.3 Å². The van der Waals surface area contributed by atoms with Gasteiger partial charge in [0.15, 0.2) is 0 Å². The Kier molecular flexibility index (Phi) is 5.87. The average Bonchev–Trinajstić information content (AvgIpc) is 3.13. The zero-order valence-electron chi connectivity index (χ0n) is 15.9. The van der Waals surface area contributed by atoms with Crippen LogP contribution in [-0.4, -0.2) is 12.1 Å². The van der Waals surface area contributed by atoms with Gasteiger partial charge in [0, 0.05) is 5.56 Å². The van der Waals surface area contributed by atoms with Crippen molar-refractivity contribution in [1.29, 1.82) is 0 Å². The van der Waals surface area contributed by atoms with Gasteiger partial charge in [-0.25, -0.2) is 5.43 Å². The number of hydrogen-bond acceptors (Lipinski definition) is 3. The third kappa shape index (κ3) is 5.34. The van der Waals surface area contributed by atoms with E-state index in [1.54, 1.807) is 12.1 Å². The van der Waals surface area contributed by atoms with Crippen LogP contribution in [0.3, 0.4) is 0 Å². The van der Waals surface area contributed by atoms with Gasteiger partial charge in [0.05, 0.1) is 18.2 Å². The minimum absolute atomic E-state index is 0.193. The van der Waals surface area contributed by atoms with Gasteiger partial charge in [0.1, 0.15) is 11.5 Å². The summed E-state index contributed by atoms with van der Waals surface area (Å²) < 4.78 is 44.0. The van der Waals surface area contributed by atoms with Crippen LogP contribution in [0.5, 0.6) is 0 Å². The maximum Gasteiger partial charge on any atom is 0.416 e. The van der Waals surface area contributed by atoms with E-state index in [0.717, 1.165) is 28.8 Å². The van der Waals surface area contributed by atoms with Gasteiger partial charge in [-0.1, -0.05) is 35.9 Å². The number of alkyl halides is 3. The molecule has 0 saturated heterocycles. The van der Waals surface area contributed by atoms with E-state index in [4.69, 9.17) is 4.42 Å². The molecule has 0 spiro atoms. The van der Waals surface area contributed by atoms with Crippen molar-refractivity contribution in [2.75, 3.05) is 0 Å². The maximum absolute atomic E-state index is 12.8. The number of halogens is 3. The number of amides is 1. The van der Waals surface area contributed by atoms with Gasteiger partial charge in [-0.05, 0) is 49.2 Å². The Morgan fingerprint density at radius 2 is 1.90 bits per heavy atom. The number of rotatable bonds is 5. The predicted octanol–water partition coefficient (Wildman–Crippen LogP) is 5.28. The van der Waals surface area contributed by atoms with Crippen LogP contribution in [0.4, 0.5) is 13.2 Å². The molecule has 0 atom stereocenters. The molecule has 1 aromatic heterocycles. The van der Waals surface area contributed by atoms with E-state index in [0.29, 0.717) is 11.3 Å². The zero-order valence-corrected chi connectivity index (χ0v) is 15.9. The summed E-state index contributed by atoms with van der Waals surface area (Å²) in [6.45, 7) is 3.89. The molecular formula is C22H19F3N2O2. The van der Waals surface area contributed by atoms with Gasteiger partial charge < -0.3 is 4.42 Å². The van der Waals surface area contributed by atoms with Crippen molar-refractivity contribution in [2.24, 2.45) is 5.10 Å². The predicted molar refractivity (Wildman–Crippen MR) is 105 cm³/mol. The number of hydrogen-bond donors (Lipinski definition) is 1. The fourth-order valence-corrected chi connectivity index (χ4v) is 2.80. The highest BCUT2D eigenvalue weighted by atomic mass is 19.4. The molecule has 4 nitrogen and oxygen atoms in total. The van der Waals surface area contributed by atoms with Gasteiger partial charge in [-0.3, -0.25) is 4.79 Å². The second kappa shape index (κ2) is 8.34. The number of carbonyl (C=O) groups excluding carboxylic acids is 1. The van der Waals surface area contributed by atoms with Crippen molar-refractivity contribution in [1.82, 2.24) is 5.43 Å². The third-order valence-electron chi connectivity index (χ3n) is 4.34. The first kappa shape index (κ1) is 20.4. The van der Waals surface area contributed by atoms with Crippen LogP contribution in [0.25, 0.3) is 11.3 Å². The monoisotopic (exact) mass is 400 g/mol. The number of carbonyl (C=O) groups is 1. The molecule has 2 aromatic carbocycles. The molecule has 0 radical (unpaired) electrons. The van der Waals surface area contributed by atoms with Crippen LogP contribution in [0.1, 0.15) is 28.0 Å². The summed E-state index contributed by atoms with van der Waals surface area (Å²) in [5, 5.41) is 3.86. The first-order chi connectivity index (χ1) is 13.7. The topological polar surface area (TPSA) is 54.6 Å². The molecule has 0 aliphatic carbocycles. The van der Waals surface area contributed by atoms with E-state index in [-0.39, 0.29) is 18.1 Å². The van der Waals surface area contributed by atoms with E-state index >= 15 is 0 Å². The number of nitrogens with zero attached hydrogens (tertiary/aromatic N) is 1. The SMILES string of the molecule is Cc1ccc(C)c(CC(=O)N/N=C\c2ccc(-c3cccc(C(F)(F)F)c3)o2)c1. The van der Waals surface area contributed by atoms with Crippen LogP contribution in [0, 0.1) is 13.8 Å². The Labute approximate surface area is 166 Å². The van der Waals surface area contributed by atoms with Crippen molar-refractivity contribution < 1.29 is 22.4 Å². The Morgan fingerprint density at radius 3 is 2.66 bits per heavy atom. The van der Waals surface area contributed by atoms with E-state index < -0.39 is 11.7 Å². The highest BCUT2D eigenvalue weighted by Gasteiger charge is 2.30. The highest BCUT2D eigenvalue weighted by molar-refractivity contribution is 5.82. The molecule has 0 bridgehead atoms. The molecule has 0 unspecified atom stereocenters. The molecule has 7 heteroatoms. The molecule has 3 rings (SSSR count). The Hall–Kier alpha value is -3.35. The minimum Gasteiger partial charge on any atom is -0.455 e. The summed E-state index contributed by atoms with van der Waals surface area (Å²) in [7, 11) is 0. The molecule has 3 aromatic rings. The smallest absolute Gasteiger partial charge is 0.416 e. The summed E-state index contributed by atoms with van der Waals surface area (Å²) in [6.07, 6.45) is -2.93. The summed E-state index contributed by atoms with van der Waals surface area (Å²) in [5.41, 5.74) is 4.99. The van der Waals surface area contributed by atoms with Crippen LogP contribution in [0.2, 0.25) is 0 Å². The van der Waals surface area contributed by atoms with Gasteiger partial charge in [-0.15, -0.1) is 0 Å². The quantitative estimate of drug-likeness (QED) is 0.468. The fourth-order valence-electron chi connectivity index (χ4n) is 2.80. The van der Waals surface area contributed by atoms with Gasteiger partial charge in [0.25, 0.3) is 0 Å². The number of aryl methyl sites for hydroxylation is 2.